The van der Waals surface area contributed by atoms with Gasteiger partial charge in [0.25, 0.3) is 11.6 Å². The molecular weight excluding hydrogens is 254 g/mol. The fourth-order valence-corrected chi connectivity index (χ4v) is 1.97. The van der Waals surface area contributed by atoms with Crippen LogP contribution >= 0.6 is 0 Å². The quantitative estimate of drug-likeness (QED) is 0.468. The SMILES string of the molecule is NC(=O)C1CNCCN1C(=O)c1cc([N+](=O)[O-])c[nH]1. The van der Waals surface area contributed by atoms with E-state index in [-0.39, 0.29) is 17.9 Å². The molecule has 1 aliphatic rings. The van der Waals surface area contributed by atoms with Crippen LogP contribution in [0.15, 0.2) is 12.3 Å². The number of aromatic nitrogens is 1. The van der Waals surface area contributed by atoms with Gasteiger partial charge < -0.3 is 20.9 Å². The maximum atomic E-state index is 12.2. The molecular formula is C10H13N5O4. The van der Waals surface area contributed by atoms with E-state index in [1.165, 1.54) is 4.90 Å². The molecule has 19 heavy (non-hydrogen) atoms. The van der Waals surface area contributed by atoms with E-state index in [2.05, 4.69) is 10.3 Å². The van der Waals surface area contributed by atoms with Crippen LogP contribution in [0.1, 0.15) is 10.5 Å². The molecule has 0 bridgehead atoms. The predicted octanol–water partition coefficient (Wildman–Crippen LogP) is -1.18. The van der Waals surface area contributed by atoms with E-state index in [0.29, 0.717) is 13.1 Å². The summed E-state index contributed by atoms with van der Waals surface area (Å²) < 4.78 is 0. The molecule has 2 heterocycles. The number of amides is 2. The van der Waals surface area contributed by atoms with Crippen molar-refractivity contribution in [2.45, 2.75) is 6.04 Å². The van der Waals surface area contributed by atoms with Gasteiger partial charge in [0.2, 0.25) is 5.91 Å². The summed E-state index contributed by atoms with van der Waals surface area (Å²) in [7, 11) is 0. The van der Waals surface area contributed by atoms with E-state index >= 15 is 0 Å². The second-order valence-electron chi connectivity index (χ2n) is 4.15. The van der Waals surface area contributed by atoms with Gasteiger partial charge in [-0.15, -0.1) is 0 Å². The van der Waals surface area contributed by atoms with Gasteiger partial charge in [-0.2, -0.15) is 0 Å². The molecule has 0 saturated carbocycles. The number of primary amides is 1. The Labute approximate surface area is 107 Å². The number of nitrogens with two attached hydrogens (primary N) is 1. The molecule has 2 amide bonds. The van der Waals surface area contributed by atoms with Gasteiger partial charge >= 0.3 is 0 Å². The van der Waals surface area contributed by atoms with E-state index in [1.54, 1.807) is 0 Å². The van der Waals surface area contributed by atoms with Crippen molar-refractivity contribution in [1.29, 1.82) is 0 Å². The van der Waals surface area contributed by atoms with Crippen molar-refractivity contribution in [2.75, 3.05) is 19.6 Å². The van der Waals surface area contributed by atoms with Gasteiger partial charge in [0.1, 0.15) is 11.7 Å². The van der Waals surface area contributed by atoms with Crippen LogP contribution in [0.4, 0.5) is 5.69 Å². The smallest absolute Gasteiger partial charge is 0.287 e. The predicted molar refractivity (Wildman–Crippen MR) is 64.3 cm³/mol. The van der Waals surface area contributed by atoms with Crippen LogP contribution < -0.4 is 11.1 Å². The van der Waals surface area contributed by atoms with Gasteiger partial charge in [-0.05, 0) is 0 Å². The van der Waals surface area contributed by atoms with Crippen molar-refractivity contribution in [1.82, 2.24) is 15.2 Å². The number of carbonyl (C=O) groups excluding carboxylic acids is 2. The Hall–Kier alpha value is -2.42. The highest BCUT2D eigenvalue weighted by molar-refractivity contribution is 5.96. The first-order valence-corrected chi connectivity index (χ1v) is 5.64. The van der Waals surface area contributed by atoms with Crippen LogP contribution in [0.2, 0.25) is 0 Å². The number of piperazine rings is 1. The van der Waals surface area contributed by atoms with Crippen LogP contribution in [0, 0.1) is 10.1 Å². The minimum absolute atomic E-state index is 0.0693. The van der Waals surface area contributed by atoms with Crippen molar-refractivity contribution >= 4 is 17.5 Å². The van der Waals surface area contributed by atoms with Crippen LogP contribution in [-0.2, 0) is 4.79 Å². The summed E-state index contributed by atoms with van der Waals surface area (Å²) in [5.41, 5.74) is 5.11. The summed E-state index contributed by atoms with van der Waals surface area (Å²) in [5.74, 6) is -1.08. The number of nitrogens with one attached hydrogen (secondary N) is 2. The molecule has 1 aromatic heterocycles. The average molecular weight is 267 g/mol. The van der Waals surface area contributed by atoms with E-state index in [1.807, 2.05) is 0 Å². The Morgan fingerprint density at radius 2 is 2.26 bits per heavy atom. The van der Waals surface area contributed by atoms with Gasteiger partial charge in [0.05, 0.1) is 11.1 Å². The van der Waals surface area contributed by atoms with Crippen molar-refractivity contribution in [3.63, 3.8) is 0 Å². The largest absolute Gasteiger partial charge is 0.368 e. The van der Waals surface area contributed by atoms with Gasteiger partial charge in [0, 0.05) is 25.7 Å². The lowest BCUT2D eigenvalue weighted by atomic mass is 10.1. The molecule has 9 heteroatoms. The number of hydrogen-bond donors (Lipinski definition) is 3. The number of nitro groups is 1. The third-order valence-corrected chi connectivity index (χ3v) is 2.94. The van der Waals surface area contributed by atoms with Crippen molar-refractivity contribution in [2.24, 2.45) is 5.73 Å². The number of hydrogen-bond acceptors (Lipinski definition) is 5. The minimum atomic E-state index is -0.747. The summed E-state index contributed by atoms with van der Waals surface area (Å²) in [6, 6.07) is 0.395. The Bertz CT molecular complexity index is 526. The summed E-state index contributed by atoms with van der Waals surface area (Å²) in [5, 5.41) is 13.5. The Kier molecular flexibility index (Phi) is 3.47. The van der Waals surface area contributed by atoms with Crippen molar-refractivity contribution in [3.8, 4) is 0 Å². The number of rotatable bonds is 3. The molecule has 9 nitrogen and oxygen atoms in total. The molecule has 0 aromatic carbocycles. The highest BCUT2D eigenvalue weighted by Crippen LogP contribution is 2.15. The summed E-state index contributed by atoms with van der Waals surface area (Å²) in [6.07, 6.45) is 1.13. The molecule has 1 fully saturated rings. The van der Waals surface area contributed by atoms with Crippen molar-refractivity contribution < 1.29 is 14.5 Å². The van der Waals surface area contributed by atoms with E-state index < -0.39 is 22.8 Å². The normalized spacial score (nSPS) is 19.2. The van der Waals surface area contributed by atoms with Crippen LogP contribution in [-0.4, -0.2) is 52.3 Å². The number of nitrogens with zero attached hydrogens (tertiary/aromatic N) is 2. The molecule has 4 N–H and O–H groups in total. The molecule has 0 radical (unpaired) electrons. The second-order valence-corrected chi connectivity index (χ2v) is 4.15. The van der Waals surface area contributed by atoms with Gasteiger partial charge in [-0.3, -0.25) is 19.7 Å². The van der Waals surface area contributed by atoms with E-state index in [9.17, 15) is 19.7 Å². The maximum Gasteiger partial charge on any atom is 0.287 e. The van der Waals surface area contributed by atoms with Gasteiger partial charge in [0.15, 0.2) is 0 Å². The molecule has 1 saturated heterocycles. The first-order valence-electron chi connectivity index (χ1n) is 5.64. The monoisotopic (exact) mass is 267 g/mol. The van der Waals surface area contributed by atoms with Gasteiger partial charge in [-0.25, -0.2) is 0 Å². The summed E-state index contributed by atoms with van der Waals surface area (Å²) in [6.45, 7) is 1.14. The first kappa shape index (κ1) is 13.0. The first-order chi connectivity index (χ1) is 9.00. The van der Waals surface area contributed by atoms with Crippen LogP contribution in [0.5, 0.6) is 0 Å². The molecule has 0 spiro atoms. The number of H-pyrrole nitrogens is 1. The lowest BCUT2D eigenvalue weighted by Gasteiger charge is -2.33. The highest BCUT2D eigenvalue weighted by atomic mass is 16.6. The van der Waals surface area contributed by atoms with Crippen molar-refractivity contribution in [3.05, 3.63) is 28.1 Å². The Morgan fingerprint density at radius 1 is 1.53 bits per heavy atom. The topological polar surface area (TPSA) is 134 Å². The number of aromatic amines is 1. The molecule has 1 aliphatic heterocycles. The lowest BCUT2D eigenvalue weighted by molar-refractivity contribution is -0.384. The lowest BCUT2D eigenvalue weighted by Crippen LogP contribution is -2.58. The zero-order valence-electron chi connectivity index (χ0n) is 9.96. The standard InChI is InChI=1S/C10H13N5O4/c11-9(16)8-5-12-1-2-14(8)10(17)7-3-6(4-13-7)15(18)19/h3-4,8,12-13H,1-2,5H2,(H2,11,16). The molecule has 0 aliphatic carbocycles. The zero-order chi connectivity index (χ0) is 14.0. The Balaban J connectivity index is 2.21. The highest BCUT2D eigenvalue weighted by Gasteiger charge is 2.32. The minimum Gasteiger partial charge on any atom is -0.368 e. The summed E-state index contributed by atoms with van der Waals surface area (Å²) in [4.78, 5) is 37.3. The summed E-state index contributed by atoms with van der Waals surface area (Å²) >= 11 is 0. The average Bonchev–Trinajstić information content (AvgIpc) is 2.87. The Morgan fingerprint density at radius 3 is 2.84 bits per heavy atom. The van der Waals surface area contributed by atoms with E-state index in [4.69, 9.17) is 5.73 Å². The van der Waals surface area contributed by atoms with Crippen LogP contribution in [0.25, 0.3) is 0 Å². The number of carbonyl (C=O) groups is 2. The second kappa shape index (κ2) is 5.06. The fraction of sp³-hybridized carbons (Fsp3) is 0.400. The zero-order valence-corrected chi connectivity index (χ0v) is 9.96. The molecule has 1 unspecified atom stereocenters. The molecule has 2 rings (SSSR count). The third-order valence-electron chi connectivity index (χ3n) is 2.94. The molecule has 1 aromatic rings. The maximum absolute atomic E-state index is 12.2. The fourth-order valence-electron chi connectivity index (χ4n) is 1.97. The molecule has 102 valence electrons. The van der Waals surface area contributed by atoms with E-state index in [0.717, 1.165) is 12.3 Å². The van der Waals surface area contributed by atoms with Crippen LogP contribution in [0.3, 0.4) is 0 Å². The third kappa shape index (κ3) is 2.55. The molecule has 1 atom stereocenters. The van der Waals surface area contributed by atoms with Gasteiger partial charge in [-0.1, -0.05) is 0 Å².